The van der Waals surface area contributed by atoms with Gasteiger partial charge in [-0.05, 0) is 30.9 Å². The number of hydrogen-bond acceptors (Lipinski definition) is 4. The quantitative estimate of drug-likeness (QED) is 0.817. The van der Waals surface area contributed by atoms with Crippen LogP contribution in [0.15, 0.2) is 12.1 Å². The number of hydrogen-bond donors (Lipinski definition) is 2. The zero-order valence-electron chi connectivity index (χ0n) is 11.6. The van der Waals surface area contributed by atoms with E-state index >= 15 is 0 Å². The highest BCUT2D eigenvalue weighted by atomic mass is 19.1. The highest BCUT2D eigenvalue weighted by Crippen LogP contribution is 2.26. The Morgan fingerprint density at radius 1 is 1.55 bits per heavy atom. The van der Waals surface area contributed by atoms with Gasteiger partial charge in [0.25, 0.3) is 5.91 Å². The van der Waals surface area contributed by atoms with Crippen LogP contribution in [0.2, 0.25) is 0 Å². The molecule has 1 aromatic carbocycles. The van der Waals surface area contributed by atoms with Crippen molar-refractivity contribution < 1.29 is 13.9 Å². The number of carbonyl (C=O) groups is 1. The van der Waals surface area contributed by atoms with Crippen molar-refractivity contribution in [2.45, 2.75) is 12.8 Å². The van der Waals surface area contributed by atoms with Crippen LogP contribution >= 0.6 is 0 Å². The van der Waals surface area contributed by atoms with Crippen molar-refractivity contribution >= 4 is 17.3 Å². The maximum atomic E-state index is 14.0. The fourth-order valence-electron chi connectivity index (χ4n) is 2.52. The summed E-state index contributed by atoms with van der Waals surface area (Å²) >= 11 is 0. The summed E-state index contributed by atoms with van der Waals surface area (Å²) in [4.78, 5) is 13.1. The van der Waals surface area contributed by atoms with Gasteiger partial charge in [-0.25, -0.2) is 4.39 Å². The number of anilines is 2. The lowest BCUT2D eigenvalue weighted by Gasteiger charge is -2.29. The van der Waals surface area contributed by atoms with Gasteiger partial charge >= 0.3 is 0 Å². The Hall–Kier alpha value is -1.82. The molecule has 1 aromatic rings. The highest BCUT2D eigenvalue weighted by molar-refractivity contribution is 5.99. The third-order valence-corrected chi connectivity index (χ3v) is 3.58. The van der Waals surface area contributed by atoms with Crippen LogP contribution in [-0.2, 0) is 4.74 Å². The zero-order chi connectivity index (χ0) is 14.7. The number of nitrogens with zero attached hydrogens (tertiary/aromatic N) is 1. The van der Waals surface area contributed by atoms with E-state index in [1.54, 1.807) is 11.9 Å². The lowest BCUT2D eigenvalue weighted by Crippen LogP contribution is -2.31. The summed E-state index contributed by atoms with van der Waals surface area (Å²) in [5.74, 6) is -0.743. The number of nitrogens with two attached hydrogens (primary N) is 2. The van der Waals surface area contributed by atoms with E-state index in [-0.39, 0.29) is 11.3 Å². The predicted octanol–water partition coefficient (Wildman–Crippen LogP) is 1.37. The van der Waals surface area contributed by atoms with Gasteiger partial charge in [0.15, 0.2) is 0 Å². The first-order chi connectivity index (χ1) is 9.49. The van der Waals surface area contributed by atoms with Crippen molar-refractivity contribution in [3.8, 4) is 0 Å². The third kappa shape index (κ3) is 3.19. The molecule has 0 bridgehead atoms. The number of benzene rings is 1. The molecule has 0 radical (unpaired) electrons. The van der Waals surface area contributed by atoms with E-state index in [2.05, 4.69) is 0 Å². The molecule has 0 saturated carbocycles. The minimum absolute atomic E-state index is 0.0631. The second-order valence-corrected chi connectivity index (χ2v) is 5.22. The number of halogens is 1. The van der Waals surface area contributed by atoms with E-state index in [1.807, 2.05) is 0 Å². The number of amides is 1. The largest absolute Gasteiger partial charge is 0.398 e. The molecule has 1 unspecified atom stereocenters. The van der Waals surface area contributed by atoms with Crippen molar-refractivity contribution in [1.82, 2.24) is 0 Å². The Balaban J connectivity index is 2.17. The van der Waals surface area contributed by atoms with Gasteiger partial charge in [-0.1, -0.05) is 0 Å². The van der Waals surface area contributed by atoms with E-state index in [9.17, 15) is 9.18 Å². The van der Waals surface area contributed by atoms with Crippen molar-refractivity contribution in [3.05, 3.63) is 23.5 Å². The van der Waals surface area contributed by atoms with Gasteiger partial charge in [-0.3, -0.25) is 4.79 Å². The summed E-state index contributed by atoms with van der Waals surface area (Å²) in [6.07, 6.45) is 2.08. The van der Waals surface area contributed by atoms with Gasteiger partial charge in [0.1, 0.15) is 5.82 Å². The van der Waals surface area contributed by atoms with Gasteiger partial charge in [0, 0.05) is 25.9 Å². The van der Waals surface area contributed by atoms with Gasteiger partial charge < -0.3 is 21.1 Å². The van der Waals surface area contributed by atoms with Crippen LogP contribution in [0.1, 0.15) is 23.2 Å². The molecule has 1 aliphatic rings. The molecule has 110 valence electrons. The van der Waals surface area contributed by atoms with Gasteiger partial charge in [-0.2, -0.15) is 0 Å². The van der Waals surface area contributed by atoms with E-state index in [4.69, 9.17) is 16.2 Å². The smallest absolute Gasteiger partial charge is 0.250 e. The molecule has 0 spiro atoms. The van der Waals surface area contributed by atoms with Crippen LogP contribution in [0.4, 0.5) is 15.8 Å². The fraction of sp³-hybridized carbons (Fsp3) is 0.500. The first-order valence-electron chi connectivity index (χ1n) is 6.66. The average molecular weight is 281 g/mol. The molecular formula is C14H20FN3O2. The topological polar surface area (TPSA) is 81.6 Å². The predicted molar refractivity (Wildman–Crippen MR) is 76.1 cm³/mol. The molecule has 5 nitrogen and oxygen atoms in total. The van der Waals surface area contributed by atoms with Crippen LogP contribution in [0, 0.1) is 11.7 Å². The monoisotopic (exact) mass is 281 g/mol. The summed E-state index contributed by atoms with van der Waals surface area (Å²) in [6.45, 7) is 2.14. The first kappa shape index (κ1) is 14.6. The van der Waals surface area contributed by atoms with E-state index in [0.717, 1.165) is 25.5 Å². The SMILES string of the molecule is CN(CC1CCCOC1)c1cc(C(N)=O)c(N)cc1F. The first-order valence-corrected chi connectivity index (χ1v) is 6.66. The van der Waals surface area contributed by atoms with E-state index in [1.165, 1.54) is 6.07 Å². The zero-order valence-corrected chi connectivity index (χ0v) is 11.6. The molecule has 0 aromatic heterocycles. The van der Waals surface area contributed by atoms with Crippen LogP contribution < -0.4 is 16.4 Å². The number of nitrogen functional groups attached to an aromatic ring is 1. The Labute approximate surface area is 117 Å². The molecule has 1 aliphatic heterocycles. The molecular weight excluding hydrogens is 261 g/mol. The number of ether oxygens (including phenoxy) is 1. The Morgan fingerprint density at radius 2 is 2.30 bits per heavy atom. The number of rotatable bonds is 4. The van der Waals surface area contributed by atoms with Crippen LogP contribution in [0.3, 0.4) is 0 Å². The average Bonchev–Trinajstić information content (AvgIpc) is 2.39. The normalized spacial score (nSPS) is 18.8. The van der Waals surface area contributed by atoms with Gasteiger partial charge in [0.05, 0.1) is 17.9 Å². The Kier molecular flexibility index (Phi) is 4.44. The Morgan fingerprint density at radius 3 is 2.90 bits per heavy atom. The van der Waals surface area contributed by atoms with Crippen LogP contribution in [0.5, 0.6) is 0 Å². The Bertz CT molecular complexity index is 501. The molecule has 1 atom stereocenters. The maximum Gasteiger partial charge on any atom is 0.250 e. The summed E-state index contributed by atoms with van der Waals surface area (Å²) in [6, 6.07) is 2.56. The van der Waals surface area contributed by atoms with Crippen molar-refractivity contribution in [3.63, 3.8) is 0 Å². The molecule has 4 N–H and O–H groups in total. The fourth-order valence-corrected chi connectivity index (χ4v) is 2.52. The maximum absolute atomic E-state index is 14.0. The minimum atomic E-state index is -0.654. The van der Waals surface area contributed by atoms with E-state index in [0.29, 0.717) is 24.8 Å². The summed E-state index contributed by atoms with van der Waals surface area (Å²) < 4.78 is 19.4. The molecule has 1 amide bonds. The third-order valence-electron chi connectivity index (χ3n) is 3.58. The molecule has 20 heavy (non-hydrogen) atoms. The number of carbonyl (C=O) groups excluding carboxylic acids is 1. The summed E-state index contributed by atoms with van der Waals surface area (Å²) in [5.41, 5.74) is 11.4. The summed E-state index contributed by atoms with van der Waals surface area (Å²) in [5, 5.41) is 0. The highest BCUT2D eigenvalue weighted by Gasteiger charge is 2.19. The van der Waals surface area contributed by atoms with E-state index < -0.39 is 11.7 Å². The second kappa shape index (κ2) is 6.09. The molecule has 1 heterocycles. The lowest BCUT2D eigenvalue weighted by molar-refractivity contribution is 0.0576. The molecule has 2 rings (SSSR count). The molecule has 6 heteroatoms. The van der Waals surface area contributed by atoms with Crippen molar-refractivity contribution in [1.29, 1.82) is 0 Å². The van der Waals surface area contributed by atoms with Crippen molar-refractivity contribution in [2.24, 2.45) is 11.7 Å². The lowest BCUT2D eigenvalue weighted by atomic mass is 10.0. The molecule has 1 fully saturated rings. The van der Waals surface area contributed by atoms with Crippen LogP contribution in [0.25, 0.3) is 0 Å². The number of primary amides is 1. The van der Waals surface area contributed by atoms with Gasteiger partial charge in [0.2, 0.25) is 0 Å². The molecule has 1 saturated heterocycles. The van der Waals surface area contributed by atoms with Gasteiger partial charge in [-0.15, -0.1) is 0 Å². The molecule has 0 aliphatic carbocycles. The van der Waals surface area contributed by atoms with Crippen LogP contribution in [-0.4, -0.2) is 32.7 Å². The minimum Gasteiger partial charge on any atom is -0.398 e. The second-order valence-electron chi connectivity index (χ2n) is 5.22. The van der Waals surface area contributed by atoms with Crippen molar-refractivity contribution in [2.75, 3.05) is 37.4 Å². The standard InChI is InChI=1S/C14H20FN3O2/c1-18(7-9-3-2-4-20-8-9)13-5-10(14(17)19)12(16)6-11(13)15/h5-6,9H,2-4,7-8,16H2,1H3,(H2,17,19). The summed E-state index contributed by atoms with van der Waals surface area (Å²) in [7, 11) is 1.79.